The lowest BCUT2D eigenvalue weighted by molar-refractivity contribution is 0.452. The van der Waals surface area contributed by atoms with Crippen LogP contribution < -0.4 is 16.0 Å². The summed E-state index contributed by atoms with van der Waals surface area (Å²) in [5.41, 5.74) is 3.30. The van der Waals surface area contributed by atoms with Crippen LogP contribution in [0.2, 0.25) is 10.0 Å². The van der Waals surface area contributed by atoms with Gasteiger partial charge in [0.05, 0.1) is 15.6 Å². The zero-order chi connectivity index (χ0) is 15.6. The van der Waals surface area contributed by atoms with E-state index in [1.165, 1.54) is 6.33 Å². The number of nitrogens with two attached hydrogens (primary N) is 1. The van der Waals surface area contributed by atoms with Gasteiger partial charge in [0.1, 0.15) is 12.1 Å². The lowest BCUT2D eigenvalue weighted by atomic mass is 10.1. The number of nitrogens with zero attached hydrogens (tertiary/aromatic N) is 2. The molecule has 1 aromatic heterocycles. The molecule has 1 aromatic carbocycles. The molecule has 0 saturated carbocycles. The first-order chi connectivity index (χ1) is 9.93. The van der Waals surface area contributed by atoms with E-state index in [-0.39, 0.29) is 5.92 Å². The van der Waals surface area contributed by atoms with Gasteiger partial charge in [-0.1, -0.05) is 37.0 Å². The minimum Gasteiger partial charge on any atom is -0.437 e. The molecule has 3 N–H and O–H groups in total. The van der Waals surface area contributed by atoms with Crippen LogP contribution >= 0.6 is 39.1 Å². The molecule has 5 nitrogen and oxygen atoms in total. The number of aromatic nitrogens is 2. The topological polar surface area (TPSA) is 73.1 Å². The fourth-order valence-electron chi connectivity index (χ4n) is 1.78. The molecule has 0 amide bonds. The highest BCUT2D eigenvalue weighted by atomic mass is 79.9. The Hall–Kier alpha value is -1.08. The summed E-state index contributed by atoms with van der Waals surface area (Å²) >= 11 is 15.5. The third kappa shape index (κ3) is 3.58. The normalized spacial score (nSPS) is 10.8. The van der Waals surface area contributed by atoms with E-state index < -0.39 is 0 Å². The van der Waals surface area contributed by atoms with Gasteiger partial charge in [0, 0.05) is 10.5 Å². The van der Waals surface area contributed by atoms with Crippen LogP contribution in [0.15, 0.2) is 22.9 Å². The molecule has 0 bridgehead atoms. The summed E-state index contributed by atoms with van der Waals surface area (Å²) < 4.78 is 6.49. The highest BCUT2D eigenvalue weighted by molar-refractivity contribution is 9.10. The Balaban J connectivity index is 2.47. The third-order valence-corrected chi connectivity index (χ3v) is 4.24. The summed E-state index contributed by atoms with van der Waals surface area (Å²) in [5.74, 6) is 6.89. The van der Waals surface area contributed by atoms with Gasteiger partial charge in [-0.25, -0.2) is 15.8 Å². The van der Waals surface area contributed by atoms with E-state index in [1.807, 2.05) is 13.8 Å². The number of hydrogen-bond acceptors (Lipinski definition) is 5. The van der Waals surface area contributed by atoms with Crippen molar-refractivity contribution in [1.29, 1.82) is 0 Å². The molecule has 1 heterocycles. The SMILES string of the molecule is CC(C)c1c(NN)ncnc1Oc1cc(Cl)c(Br)cc1Cl. The standard InChI is InChI=1S/C13H13BrCl2N4O/c1-6(2)11-12(20-17)18-5-19-13(11)21-10-4-8(15)7(14)3-9(10)16/h3-6H,17H2,1-2H3,(H,18,19,20). The Labute approximate surface area is 140 Å². The van der Waals surface area contributed by atoms with Crippen molar-refractivity contribution in [3.63, 3.8) is 0 Å². The number of hydrogen-bond donors (Lipinski definition) is 2. The molecular formula is C13H13BrCl2N4O. The summed E-state index contributed by atoms with van der Waals surface area (Å²) in [6.07, 6.45) is 1.37. The zero-order valence-electron chi connectivity index (χ0n) is 11.3. The van der Waals surface area contributed by atoms with Crippen LogP contribution in [0.5, 0.6) is 11.6 Å². The first kappa shape index (κ1) is 16.3. The summed E-state index contributed by atoms with van der Waals surface area (Å²) in [4.78, 5) is 8.24. The smallest absolute Gasteiger partial charge is 0.228 e. The molecule has 21 heavy (non-hydrogen) atoms. The van der Waals surface area contributed by atoms with E-state index in [0.717, 1.165) is 5.56 Å². The minimum absolute atomic E-state index is 0.108. The van der Waals surface area contributed by atoms with Gasteiger partial charge >= 0.3 is 0 Å². The van der Waals surface area contributed by atoms with Crippen LogP contribution in [0, 0.1) is 0 Å². The Morgan fingerprint density at radius 1 is 1.24 bits per heavy atom. The second kappa shape index (κ2) is 6.79. The summed E-state index contributed by atoms with van der Waals surface area (Å²) in [5, 5.41) is 0.911. The molecule has 112 valence electrons. The van der Waals surface area contributed by atoms with Crippen molar-refractivity contribution in [1.82, 2.24) is 9.97 Å². The number of hydrazine groups is 1. The van der Waals surface area contributed by atoms with Gasteiger partial charge in [-0.3, -0.25) is 0 Å². The van der Waals surface area contributed by atoms with Gasteiger partial charge in [0.2, 0.25) is 5.88 Å². The monoisotopic (exact) mass is 390 g/mol. The van der Waals surface area contributed by atoms with Gasteiger partial charge < -0.3 is 10.2 Å². The molecule has 0 unspecified atom stereocenters. The average molecular weight is 392 g/mol. The molecule has 0 saturated heterocycles. The maximum absolute atomic E-state index is 6.16. The largest absolute Gasteiger partial charge is 0.437 e. The van der Waals surface area contributed by atoms with E-state index in [0.29, 0.717) is 32.0 Å². The lowest BCUT2D eigenvalue weighted by Gasteiger charge is -2.16. The first-order valence-corrected chi connectivity index (χ1v) is 7.62. The number of anilines is 1. The molecule has 0 spiro atoms. The third-order valence-electron chi connectivity index (χ3n) is 2.74. The lowest BCUT2D eigenvalue weighted by Crippen LogP contribution is -2.13. The van der Waals surface area contributed by atoms with Crippen LogP contribution in [0.1, 0.15) is 25.3 Å². The van der Waals surface area contributed by atoms with Gasteiger partial charge in [-0.15, -0.1) is 0 Å². The molecule has 2 aromatic rings. The fourth-order valence-corrected chi connectivity index (χ4v) is 2.61. The summed E-state index contributed by atoms with van der Waals surface area (Å²) in [6, 6.07) is 3.29. The van der Waals surface area contributed by atoms with Crippen molar-refractivity contribution in [3.8, 4) is 11.6 Å². The Kier molecular flexibility index (Phi) is 5.27. The molecule has 0 aliphatic heterocycles. The highest BCUT2D eigenvalue weighted by Crippen LogP contribution is 2.38. The Bertz CT molecular complexity index is 667. The van der Waals surface area contributed by atoms with E-state index in [2.05, 4.69) is 31.3 Å². The summed E-state index contributed by atoms with van der Waals surface area (Å²) in [7, 11) is 0. The van der Waals surface area contributed by atoms with Crippen molar-refractivity contribution in [2.75, 3.05) is 5.43 Å². The number of nitrogens with one attached hydrogen (secondary N) is 1. The predicted octanol–water partition coefficient (Wildman–Crippen LogP) is 4.75. The van der Waals surface area contributed by atoms with Crippen molar-refractivity contribution in [2.24, 2.45) is 5.84 Å². The van der Waals surface area contributed by atoms with Gasteiger partial charge in [0.25, 0.3) is 0 Å². The minimum atomic E-state index is 0.108. The molecule has 0 fully saturated rings. The second-order valence-corrected chi connectivity index (χ2v) is 6.21. The van der Waals surface area contributed by atoms with Crippen molar-refractivity contribution in [2.45, 2.75) is 19.8 Å². The Morgan fingerprint density at radius 2 is 1.95 bits per heavy atom. The average Bonchev–Trinajstić information content (AvgIpc) is 2.44. The van der Waals surface area contributed by atoms with E-state index in [9.17, 15) is 0 Å². The van der Waals surface area contributed by atoms with Crippen LogP contribution in [-0.2, 0) is 0 Å². The van der Waals surface area contributed by atoms with Crippen molar-refractivity contribution >= 4 is 44.9 Å². The molecule has 0 aliphatic rings. The van der Waals surface area contributed by atoms with Gasteiger partial charge in [-0.05, 0) is 27.9 Å². The molecular weight excluding hydrogens is 379 g/mol. The number of ether oxygens (including phenoxy) is 1. The number of nitrogen functional groups attached to an aromatic ring is 1. The first-order valence-electron chi connectivity index (χ1n) is 6.08. The maximum atomic E-state index is 6.16. The molecule has 0 radical (unpaired) electrons. The van der Waals surface area contributed by atoms with Gasteiger partial charge in [0.15, 0.2) is 5.82 Å². The Morgan fingerprint density at radius 3 is 2.57 bits per heavy atom. The van der Waals surface area contributed by atoms with E-state index in [1.54, 1.807) is 12.1 Å². The number of rotatable bonds is 4. The molecule has 8 heteroatoms. The summed E-state index contributed by atoms with van der Waals surface area (Å²) in [6.45, 7) is 3.98. The van der Waals surface area contributed by atoms with Crippen LogP contribution in [0.25, 0.3) is 0 Å². The van der Waals surface area contributed by atoms with Crippen LogP contribution in [0.3, 0.4) is 0 Å². The van der Waals surface area contributed by atoms with Gasteiger partial charge in [-0.2, -0.15) is 0 Å². The molecule has 2 rings (SSSR count). The van der Waals surface area contributed by atoms with Crippen LogP contribution in [0.4, 0.5) is 5.82 Å². The van der Waals surface area contributed by atoms with Crippen molar-refractivity contribution < 1.29 is 4.74 Å². The fraction of sp³-hybridized carbons (Fsp3) is 0.231. The number of halogens is 3. The predicted molar refractivity (Wildman–Crippen MR) is 88.2 cm³/mol. The highest BCUT2D eigenvalue weighted by Gasteiger charge is 2.18. The molecule has 0 aliphatic carbocycles. The van der Waals surface area contributed by atoms with Crippen LogP contribution in [-0.4, -0.2) is 9.97 Å². The van der Waals surface area contributed by atoms with E-state index >= 15 is 0 Å². The molecule has 0 atom stereocenters. The maximum Gasteiger partial charge on any atom is 0.228 e. The van der Waals surface area contributed by atoms with E-state index in [4.69, 9.17) is 33.8 Å². The quantitative estimate of drug-likeness (QED) is 0.447. The zero-order valence-corrected chi connectivity index (χ0v) is 14.4. The second-order valence-electron chi connectivity index (χ2n) is 4.54. The van der Waals surface area contributed by atoms with Crippen molar-refractivity contribution in [3.05, 3.63) is 38.5 Å². The number of benzene rings is 1.